The summed E-state index contributed by atoms with van der Waals surface area (Å²) in [7, 11) is -3.77. The summed E-state index contributed by atoms with van der Waals surface area (Å²) in [6.07, 6.45) is -0.639. The zero-order valence-corrected chi connectivity index (χ0v) is 16.6. The normalized spacial score (nSPS) is 12.3. The molecule has 0 aliphatic carbocycles. The predicted octanol–water partition coefficient (Wildman–Crippen LogP) is 4.35. The van der Waals surface area contributed by atoms with E-state index in [1.165, 1.54) is 48.5 Å². The van der Waals surface area contributed by atoms with Gasteiger partial charge in [0.25, 0.3) is 5.69 Å². The van der Waals surface area contributed by atoms with Crippen LogP contribution in [0.2, 0.25) is 5.02 Å². The Morgan fingerprint density at radius 2 is 1.59 bits per heavy atom. The van der Waals surface area contributed by atoms with Crippen LogP contribution in [0.1, 0.15) is 11.7 Å². The fourth-order valence-corrected chi connectivity index (χ4v) is 3.75. The van der Waals surface area contributed by atoms with Gasteiger partial charge in [-0.05, 0) is 42.0 Å². The molecule has 1 atom stereocenters. The van der Waals surface area contributed by atoms with Gasteiger partial charge >= 0.3 is 0 Å². The molecule has 0 spiro atoms. The number of hydrogen-bond donors (Lipinski definition) is 1. The van der Waals surface area contributed by atoms with Crippen LogP contribution >= 0.6 is 11.6 Å². The highest BCUT2D eigenvalue weighted by Crippen LogP contribution is 2.24. The fourth-order valence-electron chi connectivity index (χ4n) is 2.59. The number of nitrogens with one attached hydrogen (secondary N) is 1. The predicted molar refractivity (Wildman–Crippen MR) is 110 cm³/mol. The van der Waals surface area contributed by atoms with E-state index in [1.54, 1.807) is 0 Å². The molecule has 0 heterocycles. The lowest BCUT2D eigenvalue weighted by atomic mass is 10.1. The van der Waals surface area contributed by atoms with Crippen molar-refractivity contribution in [3.8, 4) is 5.75 Å². The molecule has 0 aliphatic heterocycles. The Morgan fingerprint density at radius 1 is 0.966 bits per heavy atom. The Hall–Kier alpha value is -2.94. The molecule has 7 nitrogen and oxygen atoms in total. The SMILES string of the molecule is O=[N+]([O-])c1ccc(O[C@H](CNS(=O)(=O)c2ccc(Cl)cc2)c2ccccc2)cc1. The Bertz CT molecular complexity index is 1070. The van der Waals surface area contributed by atoms with Crippen molar-refractivity contribution in [1.82, 2.24) is 4.72 Å². The number of nitro benzene ring substituents is 1. The smallest absolute Gasteiger partial charge is 0.269 e. The molecule has 9 heteroatoms. The molecule has 3 rings (SSSR count). The monoisotopic (exact) mass is 432 g/mol. The third-order valence-electron chi connectivity index (χ3n) is 4.08. The molecule has 3 aromatic rings. The van der Waals surface area contributed by atoms with Gasteiger partial charge in [0.2, 0.25) is 10.0 Å². The number of halogens is 1. The summed E-state index contributed by atoms with van der Waals surface area (Å²) in [4.78, 5) is 10.4. The van der Waals surface area contributed by atoms with Crippen molar-refractivity contribution in [2.75, 3.05) is 6.54 Å². The second-order valence-electron chi connectivity index (χ2n) is 6.07. The number of ether oxygens (including phenoxy) is 1. The van der Waals surface area contributed by atoms with E-state index in [9.17, 15) is 18.5 Å². The molecule has 0 aliphatic rings. The molecule has 0 amide bonds. The van der Waals surface area contributed by atoms with Crippen LogP contribution in [0.4, 0.5) is 5.69 Å². The molecule has 1 N–H and O–H groups in total. The van der Waals surface area contributed by atoms with Gasteiger partial charge in [-0.1, -0.05) is 41.9 Å². The van der Waals surface area contributed by atoms with Gasteiger partial charge in [0.1, 0.15) is 11.9 Å². The second-order valence-corrected chi connectivity index (χ2v) is 8.28. The van der Waals surface area contributed by atoms with E-state index in [2.05, 4.69) is 4.72 Å². The molecule has 0 saturated heterocycles. The highest BCUT2D eigenvalue weighted by Gasteiger charge is 2.20. The topological polar surface area (TPSA) is 98.5 Å². The summed E-state index contributed by atoms with van der Waals surface area (Å²) in [6, 6.07) is 20.5. The molecule has 3 aromatic carbocycles. The average Bonchev–Trinajstić information content (AvgIpc) is 2.72. The van der Waals surface area contributed by atoms with Gasteiger partial charge in [0.15, 0.2) is 0 Å². The van der Waals surface area contributed by atoms with E-state index in [0.717, 1.165) is 5.56 Å². The van der Waals surface area contributed by atoms with Crippen molar-refractivity contribution in [1.29, 1.82) is 0 Å². The van der Waals surface area contributed by atoms with Crippen LogP contribution in [0, 0.1) is 10.1 Å². The molecule has 0 saturated carbocycles. The number of sulfonamides is 1. The zero-order valence-electron chi connectivity index (χ0n) is 15.1. The Morgan fingerprint density at radius 3 is 2.17 bits per heavy atom. The highest BCUT2D eigenvalue weighted by atomic mass is 35.5. The second kappa shape index (κ2) is 9.04. The number of benzene rings is 3. The summed E-state index contributed by atoms with van der Waals surface area (Å²) < 4.78 is 33.6. The van der Waals surface area contributed by atoms with Gasteiger partial charge in [-0.25, -0.2) is 13.1 Å². The molecular weight excluding hydrogens is 416 g/mol. The maximum absolute atomic E-state index is 12.6. The van der Waals surface area contributed by atoms with Crippen LogP contribution in [-0.4, -0.2) is 19.9 Å². The lowest BCUT2D eigenvalue weighted by molar-refractivity contribution is -0.384. The molecule has 0 fully saturated rings. The summed E-state index contributed by atoms with van der Waals surface area (Å²) in [5.41, 5.74) is 0.696. The standard InChI is InChI=1S/C20H17ClN2O5S/c21-16-6-12-19(13-7-16)29(26,27)22-14-20(15-4-2-1-3-5-15)28-18-10-8-17(9-11-18)23(24)25/h1-13,20,22H,14H2/t20-/m1/s1. The van der Waals surface area contributed by atoms with Crippen LogP contribution in [0.25, 0.3) is 0 Å². The Balaban J connectivity index is 1.79. The van der Waals surface area contributed by atoms with Gasteiger partial charge in [0.05, 0.1) is 16.4 Å². The van der Waals surface area contributed by atoms with E-state index in [1.807, 2.05) is 30.3 Å². The van der Waals surface area contributed by atoms with Gasteiger partial charge in [0, 0.05) is 17.2 Å². The molecule has 29 heavy (non-hydrogen) atoms. The summed E-state index contributed by atoms with van der Waals surface area (Å²) in [5.74, 6) is 0.384. The van der Waals surface area contributed by atoms with E-state index in [0.29, 0.717) is 10.8 Å². The molecule has 0 unspecified atom stereocenters. The average molecular weight is 433 g/mol. The lowest BCUT2D eigenvalue weighted by Crippen LogP contribution is -2.30. The zero-order chi connectivity index (χ0) is 20.9. The van der Waals surface area contributed by atoms with Gasteiger partial charge in [-0.15, -0.1) is 0 Å². The van der Waals surface area contributed by atoms with Crippen molar-refractivity contribution in [2.24, 2.45) is 0 Å². The van der Waals surface area contributed by atoms with Crippen LogP contribution in [-0.2, 0) is 10.0 Å². The molecule has 150 valence electrons. The number of rotatable bonds is 8. The third-order valence-corrected chi connectivity index (χ3v) is 5.77. The quantitative estimate of drug-likeness (QED) is 0.421. The summed E-state index contributed by atoms with van der Waals surface area (Å²) in [6.45, 7) is -0.0358. The van der Waals surface area contributed by atoms with Gasteiger partial charge in [-0.2, -0.15) is 0 Å². The van der Waals surface area contributed by atoms with E-state index >= 15 is 0 Å². The van der Waals surface area contributed by atoms with Crippen LogP contribution in [0.15, 0.2) is 83.8 Å². The number of hydrogen-bond acceptors (Lipinski definition) is 5. The van der Waals surface area contributed by atoms with E-state index < -0.39 is 21.1 Å². The van der Waals surface area contributed by atoms with Crippen molar-refractivity contribution in [3.05, 3.63) is 99.6 Å². The Kier molecular flexibility index (Phi) is 6.48. The summed E-state index contributed by atoms with van der Waals surface area (Å²) in [5, 5.41) is 11.2. The highest BCUT2D eigenvalue weighted by molar-refractivity contribution is 7.89. The molecule has 0 radical (unpaired) electrons. The van der Waals surface area contributed by atoms with E-state index in [4.69, 9.17) is 16.3 Å². The first-order valence-electron chi connectivity index (χ1n) is 8.56. The number of non-ortho nitro benzene ring substituents is 1. The first kappa shape index (κ1) is 20.8. The molecular formula is C20H17ClN2O5S. The fraction of sp³-hybridized carbons (Fsp3) is 0.100. The van der Waals surface area contributed by atoms with Crippen LogP contribution in [0.5, 0.6) is 5.75 Å². The third kappa shape index (κ3) is 5.54. The van der Waals surface area contributed by atoms with Gasteiger partial charge in [-0.3, -0.25) is 10.1 Å². The number of nitrogens with zero attached hydrogens (tertiary/aromatic N) is 1. The first-order chi connectivity index (χ1) is 13.8. The van der Waals surface area contributed by atoms with Crippen LogP contribution in [0.3, 0.4) is 0 Å². The van der Waals surface area contributed by atoms with Crippen molar-refractivity contribution >= 4 is 27.3 Å². The van der Waals surface area contributed by atoms with Crippen molar-refractivity contribution in [2.45, 2.75) is 11.0 Å². The van der Waals surface area contributed by atoms with Crippen molar-refractivity contribution < 1.29 is 18.1 Å². The number of nitro groups is 1. The first-order valence-corrected chi connectivity index (χ1v) is 10.4. The minimum Gasteiger partial charge on any atom is -0.484 e. The Labute approximate surface area is 173 Å². The van der Waals surface area contributed by atoms with E-state index in [-0.39, 0.29) is 17.1 Å². The maximum Gasteiger partial charge on any atom is 0.269 e. The van der Waals surface area contributed by atoms with Gasteiger partial charge < -0.3 is 4.74 Å². The lowest BCUT2D eigenvalue weighted by Gasteiger charge is -2.20. The largest absolute Gasteiger partial charge is 0.484 e. The summed E-state index contributed by atoms with van der Waals surface area (Å²) >= 11 is 5.81. The molecule has 0 aromatic heterocycles. The van der Waals surface area contributed by atoms with Crippen molar-refractivity contribution in [3.63, 3.8) is 0 Å². The van der Waals surface area contributed by atoms with Crippen LogP contribution < -0.4 is 9.46 Å². The minimum atomic E-state index is -3.77. The molecule has 0 bridgehead atoms. The minimum absolute atomic E-state index is 0.0358. The maximum atomic E-state index is 12.6.